The summed E-state index contributed by atoms with van der Waals surface area (Å²) in [5, 5.41) is 3.28. The summed E-state index contributed by atoms with van der Waals surface area (Å²) in [5.41, 5.74) is 0.199. The maximum Gasteiger partial charge on any atom is 0.227 e. The molecule has 170 valence electrons. The Morgan fingerprint density at radius 3 is 1.62 bits per heavy atom. The Morgan fingerprint density at radius 1 is 0.793 bits per heavy atom. The third kappa shape index (κ3) is 5.24. The van der Waals surface area contributed by atoms with Crippen LogP contribution >= 0.6 is 15.9 Å². The molecular formula is C26H48BrNO. The van der Waals surface area contributed by atoms with Crippen molar-refractivity contribution < 1.29 is 4.79 Å². The second kappa shape index (κ2) is 11.5. The van der Waals surface area contributed by atoms with Gasteiger partial charge in [0.05, 0.1) is 5.41 Å². The Morgan fingerprint density at radius 2 is 1.24 bits per heavy atom. The highest BCUT2D eigenvalue weighted by Crippen LogP contribution is 2.79. The van der Waals surface area contributed by atoms with Gasteiger partial charge >= 0.3 is 0 Å². The molecule has 3 heteroatoms. The Balaban J connectivity index is 1.42. The molecule has 3 saturated carbocycles. The number of carbonyl (C=O) groups excluding carboxylic acids is 1. The van der Waals surface area contributed by atoms with Crippen LogP contribution in [0.5, 0.6) is 0 Å². The molecule has 2 bridgehead atoms. The fourth-order valence-electron chi connectivity index (χ4n) is 6.14. The zero-order chi connectivity index (χ0) is 21.4. The highest BCUT2D eigenvalue weighted by molar-refractivity contribution is 9.09. The molecule has 0 aliphatic heterocycles. The van der Waals surface area contributed by atoms with Crippen LogP contribution in [0, 0.1) is 16.2 Å². The Hall–Kier alpha value is -0.0500. The number of halogens is 1. The summed E-state index contributed by atoms with van der Waals surface area (Å²) >= 11 is 3.87. The van der Waals surface area contributed by atoms with Gasteiger partial charge in [0.1, 0.15) is 0 Å². The molecule has 0 saturated heterocycles. The molecule has 3 fully saturated rings. The van der Waals surface area contributed by atoms with E-state index in [-0.39, 0.29) is 16.2 Å². The highest BCUT2D eigenvalue weighted by Gasteiger charge is 2.79. The van der Waals surface area contributed by atoms with Crippen LogP contribution in [0.25, 0.3) is 0 Å². The Labute approximate surface area is 189 Å². The fourth-order valence-corrected chi connectivity index (χ4v) is 7.95. The smallest absolute Gasteiger partial charge is 0.227 e. The molecular weight excluding hydrogens is 422 g/mol. The van der Waals surface area contributed by atoms with Crippen LogP contribution < -0.4 is 5.32 Å². The molecule has 3 aliphatic carbocycles. The first-order valence-electron chi connectivity index (χ1n) is 12.8. The maximum absolute atomic E-state index is 13.0. The molecule has 0 aromatic heterocycles. The van der Waals surface area contributed by atoms with Crippen molar-refractivity contribution in [1.82, 2.24) is 5.32 Å². The molecule has 29 heavy (non-hydrogen) atoms. The molecule has 0 spiro atoms. The van der Waals surface area contributed by atoms with Gasteiger partial charge in [-0.2, -0.15) is 0 Å². The number of unbranched alkanes of at least 4 members (excludes halogenated alkanes) is 13. The van der Waals surface area contributed by atoms with E-state index in [0.29, 0.717) is 10.7 Å². The van der Waals surface area contributed by atoms with E-state index < -0.39 is 0 Å². The van der Waals surface area contributed by atoms with Crippen molar-refractivity contribution >= 4 is 21.8 Å². The maximum atomic E-state index is 13.0. The van der Waals surface area contributed by atoms with E-state index in [9.17, 15) is 4.79 Å². The van der Waals surface area contributed by atoms with Crippen molar-refractivity contribution in [3.63, 3.8) is 0 Å². The number of hydrogen-bond donors (Lipinski definition) is 1. The van der Waals surface area contributed by atoms with Gasteiger partial charge in [0, 0.05) is 11.4 Å². The number of amides is 1. The minimum Gasteiger partial charge on any atom is -0.356 e. The van der Waals surface area contributed by atoms with Crippen LogP contribution in [0.2, 0.25) is 0 Å². The standard InChI is InChI=1S/C26H48BrNO/c1-5-6-7-8-9-10-11-12-13-14-15-16-17-18-21-28-23(29)26-20-19-25(4,22(26)27)24(26,2)3/h22H,5-21H2,1-4H3,(H,28,29). The lowest BCUT2D eigenvalue weighted by Gasteiger charge is -2.64. The lowest BCUT2D eigenvalue weighted by Crippen LogP contribution is -2.69. The normalized spacial score (nSPS) is 29.6. The Bertz CT molecular complexity index is 505. The van der Waals surface area contributed by atoms with Crippen molar-refractivity contribution in [2.45, 2.75) is 135 Å². The van der Waals surface area contributed by atoms with E-state index >= 15 is 0 Å². The lowest BCUT2D eigenvalue weighted by molar-refractivity contribution is -0.161. The van der Waals surface area contributed by atoms with Crippen LogP contribution in [0.3, 0.4) is 0 Å². The molecule has 0 heterocycles. The molecule has 3 unspecified atom stereocenters. The third-order valence-electron chi connectivity index (χ3n) is 8.79. The van der Waals surface area contributed by atoms with E-state index in [1.807, 2.05) is 0 Å². The van der Waals surface area contributed by atoms with Crippen molar-refractivity contribution in [3.8, 4) is 0 Å². The van der Waals surface area contributed by atoms with Crippen LogP contribution in [-0.4, -0.2) is 17.3 Å². The van der Waals surface area contributed by atoms with E-state index in [1.54, 1.807) is 0 Å². The first-order valence-corrected chi connectivity index (χ1v) is 13.7. The highest BCUT2D eigenvalue weighted by atomic mass is 79.9. The second-order valence-electron chi connectivity index (χ2n) is 10.7. The van der Waals surface area contributed by atoms with E-state index in [1.165, 1.54) is 89.9 Å². The minimum atomic E-state index is -0.183. The minimum absolute atomic E-state index is 0.105. The number of rotatable bonds is 16. The van der Waals surface area contributed by atoms with E-state index in [2.05, 4.69) is 48.9 Å². The first-order chi connectivity index (χ1) is 13.8. The monoisotopic (exact) mass is 469 g/mol. The molecule has 1 N–H and O–H groups in total. The third-order valence-corrected chi connectivity index (χ3v) is 10.6. The van der Waals surface area contributed by atoms with E-state index in [4.69, 9.17) is 0 Å². The average molecular weight is 471 g/mol. The van der Waals surface area contributed by atoms with Crippen LogP contribution in [-0.2, 0) is 4.79 Å². The quantitative estimate of drug-likeness (QED) is 0.179. The summed E-state index contributed by atoms with van der Waals surface area (Å²) in [6.07, 6.45) is 21.5. The molecule has 3 atom stereocenters. The topological polar surface area (TPSA) is 29.1 Å². The van der Waals surface area contributed by atoms with Crippen LogP contribution in [0.4, 0.5) is 0 Å². The molecule has 1 amide bonds. The summed E-state index contributed by atoms with van der Waals surface area (Å²) in [5.74, 6) is 0.300. The molecule has 0 aromatic rings. The fraction of sp³-hybridized carbons (Fsp3) is 0.962. The van der Waals surface area contributed by atoms with Crippen molar-refractivity contribution in [2.24, 2.45) is 16.2 Å². The zero-order valence-corrected chi connectivity index (χ0v) is 21.5. The summed E-state index contributed by atoms with van der Waals surface area (Å²) in [7, 11) is 0. The molecule has 0 radical (unpaired) electrons. The first kappa shape index (κ1) is 25.2. The number of fused-ring (bicyclic) bond motifs is 1. The van der Waals surface area contributed by atoms with Gasteiger partial charge in [0.2, 0.25) is 5.91 Å². The van der Waals surface area contributed by atoms with Crippen molar-refractivity contribution in [2.75, 3.05) is 6.54 Å². The van der Waals surface area contributed by atoms with Gasteiger partial charge in [-0.05, 0) is 30.1 Å². The summed E-state index contributed by atoms with van der Waals surface area (Å²) in [6.45, 7) is 10.1. The zero-order valence-electron chi connectivity index (χ0n) is 19.9. The van der Waals surface area contributed by atoms with Gasteiger partial charge in [-0.15, -0.1) is 0 Å². The predicted octanol–water partition coefficient (Wildman–Crippen LogP) is 8.17. The van der Waals surface area contributed by atoms with Crippen LogP contribution in [0.1, 0.15) is 130 Å². The number of alkyl halides is 1. The van der Waals surface area contributed by atoms with Gasteiger partial charge in [-0.1, -0.05) is 127 Å². The second-order valence-corrected chi connectivity index (χ2v) is 11.6. The molecule has 3 aliphatic rings. The van der Waals surface area contributed by atoms with Gasteiger partial charge in [-0.25, -0.2) is 0 Å². The van der Waals surface area contributed by atoms with Gasteiger partial charge in [-0.3, -0.25) is 4.79 Å². The average Bonchev–Trinajstić information content (AvgIpc) is 3.11. The van der Waals surface area contributed by atoms with Crippen molar-refractivity contribution in [3.05, 3.63) is 0 Å². The van der Waals surface area contributed by atoms with Gasteiger partial charge in [0.25, 0.3) is 0 Å². The van der Waals surface area contributed by atoms with E-state index in [0.717, 1.165) is 19.4 Å². The van der Waals surface area contributed by atoms with Gasteiger partial charge < -0.3 is 5.32 Å². The SMILES string of the molecule is CCCCCCCCCCCCCCCCNC(=O)C12CCC(C)(C1Br)C2(C)C. The largest absolute Gasteiger partial charge is 0.356 e. The molecule has 3 rings (SSSR count). The molecule has 2 nitrogen and oxygen atoms in total. The summed E-state index contributed by atoms with van der Waals surface area (Å²) < 4.78 is 0. The molecule has 0 aromatic carbocycles. The summed E-state index contributed by atoms with van der Waals surface area (Å²) in [6, 6.07) is 0. The summed E-state index contributed by atoms with van der Waals surface area (Å²) in [4.78, 5) is 13.3. The number of hydrogen-bond acceptors (Lipinski definition) is 1. The Kier molecular flexibility index (Phi) is 10.0. The lowest BCUT2D eigenvalue weighted by atomic mass is 9.43. The number of carbonyl (C=O) groups is 1. The van der Waals surface area contributed by atoms with Crippen molar-refractivity contribution in [1.29, 1.82) is 0 Å². The van der Waals surface area contributed by atoms with Gasteiger partial charge in [0.15, 0.2) is 0 Å². The van der Waals surface area contributed by atoms with Crippen LogP contribution in [0.15, 0.2) is 0 Å². The predicted molar refractivity (Wildman–Crippen MR) is 130 cm³/mol. The number of nitrogens with one attached hydrogen (secondary N) is 1.